The van der Waals surface area contributed by atoms with Crippen LogP contribution in [0.1, 0.15) is 0 Å². The van der Waals surface area contributed by atoms with Crippen LogP contribution in [0.2, 0.25) is 0 Å². The van der Waals surface area contributed by atoms with Gasteiger partial charge in [-0.2, -0.15) is 0 Å². The van der Waals surface area contributed by atoms with E-state index in [9.17, 15) is 0 Å². The van der Waals surface area contributed by atoms with E-state index >= 15 is 0 Å². The fourth-order valence-corrected chi connectivity index (χ4v) is 0. The summed E-state index contributed by atoms with van der Waals surface area (Å²) in [5.41, 5.74) is 0. The molecule has 0 unspecified atom stereocenters. The van der Waals surface area contributed by atoms with E-state index in [4.69, 9.17) is 35.0 Å². The van der Waals surface area contributed by atoms with Crippen molar-refractivity contribution in [3.63, 3.8) is 0 Å². The summed E-state index contributed by atoms with van der Waals surface area (Å²) in [6, 6.07) is 0. The van der Waals surface area contributed by atoms with Gasteiger partial charge < -0.3 is 62.0 Å². The Morgan fingerprint density at radius 3 is 0.450 bits per heavy atom. The first-order valence-electron chi connectivity index (χ1n) is 1.33. The number of hydrogen-bond acceptors (Lipinski definition) is 8. The molecule has 0 aromatic rings. The molecule has 16 nitrogen and oxygen atoms in total. The van der Waals surface area contributed by atoms with Gasteiger partial charge in [-0.15, -0.1) is 0 Å². The van der Waals surface area contributed by atoms with Crippen molar-refractivity contribution in [2.24, 2.45) is 0 Å². The van der Waals surface area contributed by atoms with Gasteiger partial charge in [-0.25, -0.2) is 0 Å². The SMILES string of the molecule is O.O.O.O.O.O.O.O.O=S(=O)([O-])[O-].O=S(=O)([O-])[O-].[Fe+2].[Mn+2]. The van der Waals surface area contributed by atoms with Crippen molar-refractivity contribution in [2.45, 2.75) is 0 Å². The molecule has 20 heteroatoms. The van der Waals surface area contributed by atoms with E-state index in [1.165, 1.54) is 0 Å². The van der Waals surface area contributed by atoms with Gasteiger partial charge in [0, 0.05) is 20.8 Å². The fourth-order valence-electron chi connectivity index (χ4n) is 0. The van der Waals surface area contributed by atoms with Crippen molar-refractivity contribution in [1.29, 1.82) is 0 Å². The first kappa shape index (κ1) is 108. The Morgan fingerprint density at radius 1 is 0.450 bits per heavy atom. The second-order valence-corrected chi connectivity index (χ2v) is 2.45. The molecular weight excluding hydrogens is 431 g/mol. The van der Waals surface area contributed by atoms with E-state index in [2.05, 4.69) is 0 Å². The minimum atomic E-state index is -5.17. The summed E-state index contributed by atoms with van der Waals surface area (Å²) < 4.78 is 68.2. The van der Waals surface area contributed by atoms with Crippen molar-refractivity contribution in [3.05, 3.63) is 0 Å². The van der Waals surface area contributed by atoms with Gasteiger partial charge in [0.05, 0.1) is 0 Å². The third-order valence-electron chi connectivity index (χ3n) is 0. The Labute approximate surface area is 134 Å². The van der Waals surface area contributed by atoms with Crippen LogP contribution in [-0.2, 0) is 54.9 Å². The molecule has 0 aliphatic heterocycles. The molecule has 1 radical (unpaired) electrons. The monoisotopic (exact) mass is 447 g/mol. The van der Waals surface area contributed by atoms with Crippen LogP contribution in [0.4, 0.5) is 0 Å². The Kier molecular flexibility index (Phi) is 231. The second-order valence-electron chi connectivity index (χ2n) is 0.816. The maximum atomic E-state index is 8.52. The van der Waals surface area contributed by atoms with Gasteiger partial charge in [-0.05, 0) is 0 Å². The summed E-state index contributed by atoms with van der Waals surface area (Å²) in [6.07, 6.45) is 0. The third-order valence-corrected chi connectivity index (χ3v) is 0. The second kappa shape index (κ2) is 42.7. The maximum Gasteiger partial charge on any atom is 2.00 e. The van der Waals surface area contributed by atoms with Crippen LogP contribution in [0, 0.1) is 0 Å². The minimum absolute atomic E-state index is 0. The van der Waals surface area contributed by atoms with Crippen molar-refractivity contribution in [3.8, 4) is 0 Å². The van der Waals surface area contributed by atoms with E-state index in [0.29, 0.717) is 0 Å². The van der Waals surface area contributed by atoms with Crippen LogP contribution in [0.15, 0.2) is 0 Å². The molecule has 0 spiro atoms. The molecule has 0 aliphatic carbocycles. The van der Waals surface area contributed by atoms with Gasteiger partial charge in [0.15, 0.2) is 0 Å². The molecule has 0 aromatic carbocycles. The van der Waals surface area contributed by atoms with E-state index in [1.807, 2.05) is 0 Å². The molecule has 139 valence electrons. The van der Waals surface area contributed by atoms with Crippen molar-refractivity contribution >= 4 is 20.8 Å². The Hall–Kier alpha value is 0.459. The van der Waals surface area contributed by atoms with E-state index in [-0.39, 0.29) is 77.9 Å². The largest absolute Gasteiger partial charge is 2.00 e. The van der Waals surface area contributed by atoms with Gasteiger partial charge in [-0.3, -0.25) is 16.8 Å². The van der Waals surface area contributed by atoms with Gasteiger partial charge in [0.2, 0.25) is 0 Å². The minimum Gasteiger partial charge on any atom is -0.759 e. The summed E-state index contributed by atoms with van der Waals surface area (Å²) in [5.74, 6) is 0. The van der Waals surface area contributed by atoms with Crippen LogP contribution in [0.5, 0.6) is 0 Å². The fraction of sp³-hybridized carbons (Fsp3) is 0. The first-order chi connectivity index (χ1) is 4.00. The summed E-state index contributed by atoms with van der Waals surface area (Å²) in [4.78, 5) is 0. The standard InChI is InChI=1S/Fe.Mn.2H2O4S.8H2O/c;;2*1-5(2,3)4;;;;;;;;/h;;2*(H2,1,2,3,4);8*1H2/q2*+2;;;;;;;;;;/p-4. The summed E-state index contributed by atoms with van der Waals surface area (Å²) in [6.45, 7) is 0. The van der Waals surface area contributed by atoms with Gasteiger partial charge in [-0.1, -0.05) is 0 Å². The van der Waals surface area contributed by atoms with E-state index in [1.54, 1.807) is 0 Å². The molecule has 0 fully saturated rings. The van der Waals surface area contributed by atoms with Crippen LogP contribution in [0.25, 0.3) is 0 Å². The van der Waals surface area contributed by atoms with Gasteiger partial charge >= 0.3 is 34.1 Å². The molecule has 0 atom stereocenters. The average molecular weight is 447 g/mol. The van der Waals surface area contributed by atoms with Crippen molar-refractivity contribution in [1.82, 2.24) is 0 Å². The van der Waals surface area contributed by atoms with Crippen molar-refractivity contribution < 1.29 is 113 Å². The molecule has 16 N–H and O–H groups in total. The summed E-state index contributed by atoms with van der Waals surface area (Å²) in [7, 11) is -10.3. The quantitative estimate of drug-likeness (QED) is 0.194. The smallest absolute Gasteiger partial charge is 0.759 e. The van der Waals surface area contributed by atoms with Crippen molar-refractivity contribution in [2.75, 3.05) is 0 Å². The van der Waals surface area contributed by atoms with Crippen LogP contribution in [-0.4, -0.2) is 78.9 Å². The Bertz CT molecular complexity index is 217. The predicted molar refractivity (Wildman–Crippen MR) is 49.9 cm³/mol. The molecular formula is H16FeMnO16S2. The average Bonchev–Trinajstić information content (AvgIpc) is 1.12. The van der Waals surface area contributed by atoms with Crippen LogP contribution in [0.3, 0.4) is 0 Å². The summed E-state index contributed by atoms with van der Waals surface area (Å²) >= 11 is 0. The van der Waals surface area contributed by atoms with E-state index in [0.717, 1.165) is 0 Å². The molecule has 0 saturated carbocycles. The molecule has 0 heterocycles. The summed E-state index contributed by atoms with van der Waals surface area (Å²) in [5, 5.41) is 0. The number of rotatable bonds is 0. The van der Waals surface area contributed by atoms with Crippen LogP contribution < -0.4 is 0 Å². The number of hydrogen-bond donors (Lipinski definition) is 0. The van der Waals surface area contributed by atoms with Crippen LogP contribution >= 0.6 is 0 Å². The first-order valence-corrected chi connectivity index (χ1v) is 4.00. The van der Waals surface area contributed by atoms with Gasteiger partial charge in [0.1, 0.15) is 0 Å². The third kappa shape index (κ3) is 26700. The molecule has 20 heavy (non-hydrogen) atoms. The molecule has 0 amide bonds. The topological polar surface area (TPSA) is 413 Å². The normalized spacial score (nSPS) is 5.80. The zero-order valence-electron chi connectivity index (χ0n) is 8.81. The zero-order valence-corrected chi connectivity index (χ0v) is 12.7. The molecule has 0 aliphatic rings. The van der Waals surface area contributed by atoms with Gasteiger partial charge in [0.25, 0.3) is 0 Å². The molecule has 0 aromatic heterocycles. The molecule has 0 rings (SSSR count). The maximum absolute atomic E-state index is 8.52. The van der Waals surface area contributed by atoms with E-state index < -0.39 is 20.8 Å². The zero-order chi connectivity index (χ0) is 9.00. The Balaban J connectivity index is -0.00000000427. The molecule has 0 saturated heterocycles. The predicted octanol–water partition coefficient (Wildman–Crippen LogP) is -9.28. The molecule has 0 bridgehead atoms. The Morgan fingerprint density at radius 2 is 0.450 bits per heavy atom.